The number of carbonyl (C=O) groups is 3. The third kappa shape index (κ3) is 6.54. The van der Waals surface area contributed by atoms with E-state index >= 15 is 0 Å². The molecule has 4 N–H and O–H groups in total. The van der Waals surface area contributed by atoms with Gasteiger partial charge in [0.1, 0.15) is 17.8 Å². The molecule has 1 saturated heterocycles. The Bertz CT molecular complexity index is 1270. The molecule has 1 aliphatic rings. The number of carboxylic acid groups (broad SMARTS) is 1. The molecule has 2 aromatic heterocycles. The average Bonchev–Trinajstić information content (AvgIpc) is 3.35. The highest BCUT2D eigenvalue weighted by Crippen LogP contribution is 2.26. The van der Waals surface area contributed by atoms with Gasteiger partial charge in [0.25, 0.3) is 0 Å². The van der Waals surface area contributed by atoms with Gasteiger partial charge in [0, 0.05) is 36.6 Å². The molecule has 1 aliphatic heterocycles. The van der Waals surface area contributed by atoms with E-state index in [0.717, 1.165) is 42.1 Å². The Hall–Kier alpha value is -3.82. The number of amides is 3. The van der Waals surface area contributed by atoms with E-state index in [2.05, 4.69) is 20.6 Å². The first-order valence-electron chi connectivity index (χ1n) is 13.3. The third-order valence-corrected chi connectivity index (χ3v) is 6.94. The number of benzene rings is 1. The Kier molecular flexibility index (Phi) is 8.70. The molecule has 38 heavy (non-hydrogen) atoms. The molecule has 0 unspecified atom stereocenters. The summed E-state index contributed by atoms with van der Waals surface area (Å²) in [5.41, 5.74) is 1.68. The van der Waals surface area contributed by atoms with Crippen molar-refractivity contribution in [3.63, 3.8) is 0 Å². The summed E-state index contributed by atoms with van der Waals surface area (Å²) in [4.78, 5) is 47.5. The highest BCUT2D eigenvalue weighted by atomic mass is 16.4. The number of nitrogens with zero attached hydrogens (tertiary/aromatic N) is 2. The van der Waals surface area contributed by atoms with Crippen LogP contribution >= 0.6 is 0 Å². The molecule has 3 aromatic rings. The molecule has 3 heterocycles. The van der Waals surface area contributed by atoms with E-state index in [4.69, 9.17) is 4.42 Å². The molecule has 4 rings (SSSR count). The van der Waals surface area contributed by atoms with Gasteiger partial charge in [-0.15, -0.1) is 0 Å². The number of urea groups is 1. The number of para-hydroxylation sites is 1. The number of carbonyl (C=O) groups excluding carboxylic acids is 2. The summed E-state index contributed by atoms with van der Waals surface area (Å²) in [6.45, 7) is 6.89. The number of aromatic nitrogens is 2. The number of aromatic carboxylic acids is 1. The minimum absolute atomic E-state index is 0.112. The van der Waals surface area contributed by atoms with Gasteiger partial charge < -0.3 is 30.0 Å². The summed E-state index contributed by atoms with van der Waals surface area (Å²) in [6, 6.07) is 6.07. The van der Waals surface area contributed by atoms with E-state index in [-0.39, 0.29) is 35.2 Å². The smallest absolute Gasteiger partial charge is 0.358 e. The predicted octanol–water partition coefficient (Wildman–Crippen LogP) is 4.56. The van der Waals surface area contributed by atoms with Gasteiger partial charge in [0.15, 0.2) is 5.69 Å². The molecule has 3 amide bonds. The zero-order chi connectivity index (χ0) is 27.2. The van der Waals surface area contributed by atoms with Crippen LogP contribution in [0.5, 0.6) is 0 Å². The number of nitrogens with one attached hydrogen (secondary N) is 3. The summed E-state index contributed by atoms with van der Waals surface area (Å²) >= 11 is 0. The number of fused-ring (bicyclic) bond motifs is 1. The fraction of sp³-hybridized carbons (Fsp3) is 0.500. The van der Waals surface area contributed by atoms with E-state index in [1.807, 2.05) is 44.3 Å². The summed E-state index contributed by atoms with van der Waals surface area (Å²) in [7, 11) is 0. The van der Waals surface area contributed by atoms with Crippen molar-refractivity contribution in [2.24, 2.45) is 5.92 Å². The maximum absolute atomic E-state index is 13.6. The number of likely N-dealkylation sites (tertiary alicyclic amines) is 1. The SMILES string of the molecule is Cc1oc([C@@H](Cc2c[nH]c3ccccc23)NC(=O)[C@H](CC(C)C)NC(=O)N2CCCCCC2)nc1C(=O)O. The van der Waals surface area contributed by atoms with Crippen molar-refractivity contribution in [3.8, 4) is 0 Å². The fourth-order valence-corrected chi connectivity index (χ4v) is 4.97. The van der Waals surface area contributed by atoms with Gasteiger partial charge in [0.2, 0.25) is 11.8 Å². The molecular formula is C28H37N5O5. The van der Waals surface area contributed by atoms with Crippen molar-refractivity contribution in [3.05, 3.63) is 53.4 Å². The molecule has 2 atom stereocenters. The monoisotopic (exact) mass is 523 g/mol. The maximum atomic E-state index is 13.6. The van der Waals surface area contributed by atoms with Crippen molar-refractivity contribution in [2.75, 3.05) is 13.1 Å². The van der Waals surface area contributed by atoms with Crippen molar-refractivity contribution in [1.29, 1.82) is 0 Å². The van der Waals surface area contributed by atoms with Gasteiger partial charge in [-0.25, -0.2) is 14.6 Å². The number of hydrogen-bond donors (Lipinski definition) is 4. The molecule has 0 spiro atoms. The van der Waals surface area contributed by atoms with E-state index in [0.29, 0.717) is 25.9 Å². The molecule has 10 heteroatoms. The lowest BCUT2D eigenvalue weighted by Gasteiger charge is -2.27. The van der Waals surface area contributed by atoms with Crippen molar-refractivity contribution in [1.82, 2.24) is 25.5 Å². The number of aryl methyl sites for hydroxylation is 1. The minimum atomic E-state index is -1.20. The molecule has 204 valence electrons. The average molecular weight is 524 g/mol. The first-order valence-corrected chi connectivity index (χ1v) is 13.3. The second-order valence-corrected chi connectivity index (χ2v) is 10.4. The van der Waals surface area contributed by atoms with Gasteiger partial charge in [-0.3, -0.25) is 4.79 Å². The Morgan fingerprint density at radius 2 is 1.82 bits per heavy atom. The van der Waals surface area contributed by atoms with Crippen LogP contribution in [-0.4, -0.2) is 57.0 Å². The molecular weight excluding hydrogens is 486 g/mol. The first-order chi connectivity index (χ1) is 18.2. The minimum Gasteiger partial charge on any atom is -0.476 e. The van der Waals surface area contributed by atoms with Crippen LogP contribution in [0.15, 0.2) is 34.9 Å². The number of rotatable bonds is 9. The van der Waals surface area contributed by atoms with Gasteiger partial charge >= 0.3 is 12.0 Å². The van der Waals surface area contributed by atoms with Gasteiger partial charge in [-0.1, -0.05) is 44.9 Å². The number of H-pyrrole nitrogens is 1. The van der Waals surface area contributed by atoms with Gasteiger partial charge in [0.05, 0.1) is 0 Å². The fourth-order valence-electron chi connectivity index (χ4n) is 4.97. The molecule has 0 aliphatic carbocycles. The van der Waals surface area contributed by atoms with Gasteiger partial charge in [-0.05, 0) is 43.7 Å². The van der Waals surface area contributed by atoms with Crippen molar-refractivity contribution < 1.29 is 23.9 Å². The summed E-state index contributed by atoms with van der Waals surface area (Å²) in [6.07, 6.45) is 6.75. The predicted molar refractivity (Wildman–Crippen MR) is 143 cm³/mol. The normalized spacial score (nSPS) is 15.7. The van der Waals surface area contributed by atoms with Crippen LogP contribution in [0.4, 0.5) is 4.79 Å². The van der Waals surface area contributed by atoms with Crippen LogP contribution in [0, 0.1) is 12.8 Å². The second kappa shape index (κ2) is 12.1. The van der Waals surface area contributed by atoms with E-state index < -0.39 is 18.1 Å². The van der Waals surface area contributed by atoms with Crippen LogP contribution in [-0.2, 0) is 11.2 Å². The van der Waals surface area contributed by atoms with Gasteiger partial charge in [-0.2, -0.15) is 0 Å². The van der Waals surface area contributed by atoms with Crippen molar-refractivity contribution >= 4 is 28.8 Å². The third-order valence-electron chi connectivity index (χ3n) is 6.94. The first kappa shape index (κ1) is 27.2. The number of aromatic amines is 1. The lowest BCUT2D eigenvalue weighted by Crippen LogP contribution is -2.52. The number of oxazole rings is 1. The Morgan fingerprint density at radius 1 is 1.11 bits per heavy atom. The van der Waals surface area contributed by atoms with Crippen LogP contribution in [0.1, 0.15) is 79.7 Å². The van der Waals surface area contributed by atoms with E-state index in [1.54, 1.807) is 4.90 Å². The molecule has 0 saturated carbocycles. The topological polar surface area (TPSA) is 141 Å². The quantitative estimate of drug-likeness (QED) is 0.324. The zero-order valence-corrected chi connectivity index (χ0v) is 22.3. The molecule has 0 bridgehead atoms. The van der Waals surface area contributed by atoms with E-state index in [9.17, 15) is 19.5 Å². The number of hydrogen-bond acceptors (Lipinski definition) is 5. The molecule has 1 fully saturated rings. The Morgan fingerprint density at radius 3 is 2.47 bits per heavy atom. The van der Waals surface area contributed by atoms with Crippen molar-refractivity contribution in [2.45, 2.75) is 71.4 Å². The summed E-state index contributed by atoms with van der Waals surface area (Å²) < 4.78 is 5.74. The largest absolute Gasteiger partial charge is 0.476 e. The second-order valence-electron chi connectivity index (χ2n) is 10.4. The Balaban J connectivity index is 1.59. The standard InChI is InChI=1S/C28H37N5O5/c1-17(2)14-22(31-28(37)33-12-8-4-5-9-13-33)25(34)30-23(26-32-24(27(35)36)18(3)38-26)15-19-16-29-21-11-7-6-10-20(19)21/h6-7,10-11,16-17,22-23,29H,4-5,8-9,12-15H2,1-3H3,(H,30,34)(H,31,37)(H,35,36)/t22-,23+/m0/s1. The Labute approximate surface area is 222 Å². The molecule has 10 nitrogen and oxygen atoms in total. The zero-order valence-electron chi connectivity index (χ0n) is 22.3. The van der Waals surface area contributed by atoms with Crippen LogP contribution in [0.3, 0.4) is 0 Å². The molecule has 1 aromatic carbocycles. The lowest BCUT2D eigenvalue weighted by atomic mass is 10.0. The van der Waals surface area contributed by atoms with Crippen LogP contribution in [0.25, 0.3) is 10.9 Å². The number of carboxylic acids is 1. The summed E-state index contributed by atoms with van der Waals surface area (Å²) in [5, 5.41) is 16.4. The highest BCUT2D eigenvalue weighted by Gasteiger charge is 2.30. The van der Waals surface area contributed by atoms with E-state index in [1.165, 1.54) is 6.92 Å². The maximum Gasteiger partial charge on any atom is 0.358 e. The molecule has 0 radical (unpaired) electrons. The lowest BCUT2D eigenvalue weighted by molar-refractivity contribution is -0.124. The van der Waals surface area contributed by atoms with Crippen LogP contribution in [0.2, 0.25) is 0 Å². The highest BCUT2D eigenvalue weighted by molar-refractivity contribution is 5.88. The summed E-state index contributed by atoms with van der Waals surface area (Å²) in [5.74, 6) is -1.12. The van der Waals surface area contributed by atoms with Crippen LogP contribution < -0.4 is 10.6 Å².